The first kappa shape index (κ1) is 21.8. The minimum atomic E-state index is -0.299. The van der Waals surface area contributed by atoms with Crippen molar-refractivity contribution in [2.75, 3.05) is 38.3 Å². The van der Waals surface area contributed by atoms with Crippen LogP contribution in [-0.2, 0) is 18.7 Å². The molecule has 162 valence electrons. The number of piperidine rings is 1. The van der Waals surface area contributed by atoms with Crippen LogP contribution in [0.1, 0.15) is 31.1 Å². The number of hydrogen-bond acceptors (Lipinski definition) is 8. The number of ether oxygens (including phenoxy) is 2. The Morgan fingerprint density at radius 3 is 2.37 bits per heavy atom. The standard InChI is InChI=1S/C21H26ClN3O4S/c1-26-29-30-19-4-2-17(3-5-19)20-27-13-16(14-28-20)10-15-6-8-25(9-7-15)21-23-11-18(22)12-24-21/h2-5,11-12,15-16,20H,6-10,13-14H2,1H3. The maximum Gasteiger partial charge on any atom is 0.225 e. The van der Waals surface area contributed by atoms with Crippen LogP contribution in [0.25, 0.3) is 0 Å². The predicted octanol–water partition coefficient (Wildman–Crippen LogP) is 4.68. The maximum atomic E-state index is 6.01. The first-order valence-corrected chi connectivity index (χ1v) is 11.3. The lowest BCUT2D eigenvalue weighted by Gasteiger charge is -2.35. The highest BCUT2D eigenvalue weighted by atomic mass is 35.5. The zero-order valence-electron chi connectivity index (χ0n) is 16.9. The third-order valence-electron chi connectivity index (χ3n) is 5.49. The van der Waals surface area contributed by atoms with E-state index in [1.807, 2.05) is 24.3 Å². The van der Waals surface area contributed by atoms with Crippen molar-refractivity contribution in [3.05, 3.63) is 47.2 Å². The Morgan fingerprint density at radius 1 is 1.07 bits per heavy atom. The van der Waals surface area contributed by atoms with Crippen LogP contribution < -0.4 is 4.90 Å². The Morgan fingerprint density at radius 2 is 1.73 bits per heavy atom. The normalized spacial score (nSPS) is 22.9. The topological polar surface area (TPSA) is 65.9 Å². The van der Waals surface area contributed by atoms with Gasteiger partial charge in [-0.15, -0.1) is 0 Å². The van der Waals surface area contributed by atoms with Crippen LogP contribution >= 0.6 is 23.6 Å². The first-order chi connectivity index (χ1) is 14.7. The van der Waals surface area contributed by atoms with Gasteiger partial charge in [0.2, 0.25) is 5.95 Å². The van der Waals surface area contributed by atoms with E-state index in [1.165, 1.54) is 19.2 Å². The molecule has 1 aromatic heterocycles. The molecule has 0 radical (unpaired) electrons. The summed E-state index contributed by atoms with van der Waals surface area (Å²) in [7, 11) is 1.49. The molecule has 2 fully saturated rings. The van der Waals surface area contributed by atoms with E-state index < -0.39 is 0 Å². The highest BCUT2D eigenvalue weighted by Gasteiger charge is 2.28. The second kappa shape index (κ2) is 10.7. The number of hydrogen-bond donors (Lipinski definition) is 0. The molecule has 30 heavy (non-hydrogen) atoms. The fraction of sp³-hybridized carbons (Fsp3) is 0.524. The molecule has 9 heteroatoms. The summed E-state index contributed by atoms with van der Waals surface area (Å²) >= 11 is 7.05. The molecule has 2 aromatic rings. The van der Waals surface area contributed by atoms with Gasteiger partial charge in [0.15, 0.2) is 6.29 Å². The molecule has 0 amide bonds. The number of aromatic nitrogens is 2. The second-order valence-corrected chi connectivity index (χ2v) is 8.83. The Kier molecular flexibility index (Phi) is 7.81. The number of anilines is 1. The Bertz CT molecular complexity index is 780. The van der Waals surface area contributed by atoms with Crippen LogP contribution in [0.15, 0.2) is 41.6 Å². The van der Waals surface area contributed by atoms with Gasteiger partial charge in [0, 0.05) is 29.5 Å². The average Bonchev–Trinajstić information content (AvgIpc) is 2.80. The molecule has 7 nitrogen and oxygen atoms in total. The molecule has 0 spiro atoms. The lowest BCUT2D eigenvalue weighted by molar-refractivity contribution is -0.207. The summed E-state index contributed by atoms with van der Waals surface area (Å²) in [6.45, 7) is 3.41. The van der Waals surface area contributed by atoms with Gasteiger partial charge < -0.3 is 14.4 Å². The fourth-order valence-corrected chi connectivity index (χ4v) is 4.43. The van der Waals surface area contributed by atoms with E-state index in [-0.39, 0.29) is 6.29 Å². The van der Waals surface area contributed by atoms with Crippen LogP contribution in [-0.4, -0.2) is 43.4 Å². The average molecular weight is 452 g/mol. The van der Waals surface area contributed by atoms with Crippen molar-refractivity contribution in [2.24, 2.45) is 11.8 Å². The van der Waals surface area contributed by atoms with Gasteiger partial charge in [0.1, 0.15) is 0 Å². The molecule has 2 aliphatic heterocycles. The van der Waals surface area contributed by atoms with Crippen LogP contribution in [0.2, 0.25) is 5.02 Å². The van der Waals surface area contributed by atoms with Crippen molar-refractivity contribution in [3.63, 3.8) is 0 Å². The lowest BCUT2D eigenvalue weighted by atomic mass is 9.87. The van der Waals surface area contributed by atoms with Gasteiger partial charge in [-0.25, -0.2) is 14.9 Å². The van der Waals surface area contributed by atoms with E-state index in [0.29, 0.717) is 16.9 Å². The third-order valence-corrected chi connectivity index (χ3v) is 6.35. The van der Waals surface area contributed by atoms with Crippen molar-refractivity contribution in [1.29, 1.82) is 0 Å². The number of halogens is 1. The zero-order chi connectivity index (χ0) is 20.8. The van der Waals surface area contributed by atoms with E-state index in [4.69, 9.17) is 25.4 Å². The van der Waals surface area contributed by atoms with E-state index in [9.17, 15) is 0 Å². The SMILES string of the molecule is COOSc1ccc(C2OCC(CC3CCN(c4ncc(Cl)cn4)CC3)CO2)cc1. The molecule has 4 rings (SSSR count). The van der Waals surface area contributed by atoms with Crippen LogP contribution in [0.3, 0.4) is 0 Å². The molecular formula is C21H26ClN3O4S. The van der Waals surface area contributed by atoms with E-state index in [0.717, 1.165) is 62.0 Å². The van der Waals surface area contributed by atoms with Crippen molar-refractivity contribution < 1.29 is 18.7 Å². The van der Waals surface area contributed by atoms with Crippen molar-refractivity contribution in [3.8, 4) is 0 Å². The van der Waals surface area contributed by atoms with E-state index in [2.05, 4.69) is 19.8 Å². The zero-order valence-corrected chi connectivity index (χ0v) is 18.5. The maximum absolute atomic E-state index is 6.01. The molecule has 0 unspecified atom stereocenters. The smallest absolute Gasteiger partial charge is 0.225 e. The summed E-state index contributed by atoms with van der Waals surface area (Å²) in [4.78, 5) is 16.5. The Balaban J connectivity index is 1.19. The van der Waals surface area contributed by atoms with Gasteiger partial charge in [0.25, 0.3) is 0 Å². The summed E-state index contributed by atoms with van der Waals surface area (Å²) in [6.07, 6.45) is 6.41. The summed E-state index contributed by atoms with van der Waals surface area (Å²) in [5.74, 6) is 1.89. The van der Waals surface area contributed by atoms with Gasteiger partial charge in [-0.3, -0.25) is 0 Å². The van der Waals surface area contributed by atoms with Gasteiger partial charge in [0.05, 0.1) is 49.8 Å². The molecular weight excluding hydrogens is 426 g/mol. The monoisotopic (exact) mass is 451 g/mol. The molecule has 1 aromatic carbocycles. The summed E-state index contributed by atoms with van der Waals surface area (Å²) in [5.41, 5.74) is 1.02. The van der Waals surface area contributed by atoms with E-state index >= 15 is 0 Å². The third kappa shape index (κ3) is 5.84. The summed E-state index contributed by atoms with van der Waals surface area (Å²) in [6, 6.07) is 7.94. The largest absolute Gasteiger partial charge is 0.348 e. The fourth-order valence-electron chi connectivity index (χ4n) is 3.93. The van der Waals surface area contributed by atoms with Gasteiger partial charge in [-0.2, -0.15) is 4.33 Å². The minimum Gasteiger partial charge on any atom is -0.348 e. The molecule has 0 bridgehead atoms. The van der Waals surface area contributed by atoms with Crippen LogP contribution in [0, 0.1) is 11.8 Å². The molecule has 2 aliphatic rings. The second-order valence-electron chi connectivity index (χ2n) is 7.62. The molecule has 0 atom stereocenters. The molecule has 3 heterocycles. The van der Waals surface area contributed by atoms with Gasteiger partial charge >= 0.3 is 0 Å². The van der Waals surface area contributed by atoms with Gasteiger partial charge in [-0.05, 0) is 37.3 Å². The van der Waals surface area contributed by atoms with Crippen molar-refractivity contribution in [2.45, 2.75) is 30.4 Å². The molecule has 2 saturated heterocycles. The van der Waals surface area contributed by atoms with Crippen LogP contribution in [0.4, 0.5) is 5.95 Å². The molecule has 0 saturated carbocycles. The lowest BCUT2D eigenvalue weighted by Crippen LogP contribution is -2.37. The van der Waals surface area contributed by atoms with Crippen molar-refractivity contribution in [1.82, 2.24) is 9.97 Å². The number of nitrogens with zero attached hydrogens (tertiary/aromatic N) is 3. The minimum absolute atomic E-state index is 0.299. The molecule has 0 aliphatic carbocycles. The molecule has 0 N–H and O–H groups in total. The quantitative estimate of drug-likeness (QED) is 0.341. The highest BCUT2D eigenvalue weighted by molar-refractivity contribution is 7.94. The van der Waals surface area contributed by atoms with E-state index in [1.54, 1.807) is 12.4 Å². The van der Waals surface area contributed by atoms with Crippen molar-refractivity contribution >= 4 is 29.6 Å². The Labute approximate surface area is 186 Å². The number of rotatable bonds is 7. The highest BCUT2D eigenvalue weighted by Crippen LogP contribution is 2.32. The number of benzene rings is 1. The predicted molar refractivity (Wildman–Crippen MR) is 115 cm³/mol. The summed E-state index contributed by atoms with van der Waals surface area (Å²) in [5, 5.41) is 0.569. The Hall–Kier alpha value is -1.42. The van der Waals surface area contributed by atoms with Gasteiger partial charge in [-0.1, -0.05) is 23.7 Å². The first-order valence-electron chi connectivity index (χ1n) is 10.1. The summed E-state index contributed by atoms with van der Waals surface area (Å²) < 4.78 is 16.9. The van der Waals surface area contributed by atoms with Crippen LogP contribution in [0.5, 0.6) is 0 Å².